The minimum absolute atomic E-state index is 0.0439. The summed E-state index contributed by atoms with van der Waals surface area (Å²) in [5, 5.41) is 8.62. The molecule has 4 heterocycles. The first-order chi connectivity index (χ1) is 17.2. The number of benzene rings is 1. The number of aromatic nitrogens is 5. The topological polar surface area (TPSA) is 121 Å². The van der Waals surface area contributed by atoms with Gasteiger partial charge < -0.3 is 5.32 Å². The highest BCUT2D eigenvalue weighted by molar-refractivity contribution is 8.24. The van der Waals surface area contributed by atoms with E-state index in [2.05, 4.69) is 29.2 Å². The minimum atomic E-state index is -2.48. The summed E-state index contributed by atoms with van der Waals surface area (Å²) in [7, 11) is -2.48. The predicted octanol–water partition coefficient (Wildman–Crippen LogP) is 4.63. The molecule has 0 unspecified atom stereocenters. The van der Waals surface area contributed by atoms with Gasteiger partial charge in [-0.05, 0) is 50.6 Å². The van der Waals surface area contributed by atoms with Gasteiger partial charge in [-0.25, -0.2) is 9.97 Å². The SMILES string of the molecule is Cc1cnc(Nc2ccc3c(ccn3C(=O)CN3CCS(O)(O)CC3)c2)nc1-c1cnn(C(C)C)c1. The number of carbonyl (C=O) groups is 1. The standard InChI is InChI=1S/C25H31N7O3S/c1-17(2)32-15-20(14-27-32)24-18(3)13-26-25(29-24)28-21-4-5-22-19(12-21)6-7-31(22)23(33)16-30-8-10-36(34,35)11-9-30/h4-7,12-15,17,34-35H,8-11,16H2,1-3H3,(H,26,28,29). The summed E-state index contributed by atoms with van der Waals surface area (Å²) in [5.41, 5.74) is 4.38. The van der Waals surface area contributed by atoms with Gasteiger partial charge >= 0.3 is 0 Å². The van der Waals surface area contributed by atoms with E-state index in [1.807, 2.05) is 53.2 Å². The largest absolute Gasteiger partial charge is 0.324 e. The van der Waals surface area contributed by atoms with E-state index in [4.69, 9.17) is 4.98 Å². The Morgan fingerprint density at radius 3 is 2.67 bits per heavy atom. The van der Waals surface area contributed by atoms with Gasteiger partial charge in [-0.1, -0.05) is 0 Å². The average Bonchev–Trinajstić information content (AvgIpc) is 3.49. The van der Waals surface area contributed by atoms with Crippen LogP contribution >= 0.6 is 10.6 Å². The Morgan fingerprint density at radius 2 is 1.94 bits per heavy atom. The van der Waals surface area contributed by atoms with Crippen LogP contribution in [-0.2, 0) is 0 Å². The molecule has 0 aliphatic carbocycles. The van der Waals surface area contributed by atoms with Crippen molar-refractivity contribution in [3.63, 3.8) is 0 Å². The maximum absolute atomic E-state index is 12.9. The number of nitrogens with one attached hydrogen (secondary N) is 1. The smallest absolute Gasteiger partial charge is 0.245 e. The number of nitrogens with zero attached hydrogens (tertiary/aromatic N) is 6. The molecule has 5 rings (SSSR count). The van der Waals surface area contributed by atoms with E-state index >= 15 is 0 Å². The van der Waals surface area contributed by atoms with Crippen molar-refractivity contribution < 1.29 is 13.9 Å². The van der Waals surface area contributed by atoms with Crippen molar-refractivity contribution in [3.05, 3.63) is 54.6 Å². The third-order valence-corrected chi connectivity index (χ3v) is 8.09. The highest BCUT2D eigenvalue weighted by Gasteiger charge is 2.24. The fourth-order valence-corrected chi connectivity index (χ4v) is 5.60. The minimum Gasteiger partial charge on any atom is -0.324 e. The number of fused-ring (bicyclic) bond motifs is 1. The Hall–Kier alpha value is -3.25. The maximum atomic E-state index is 12.9. The first kappa shape index (κ1) is 24.4. The molecule has 3 aromatic heterocycles. The number of rotatable bonds is 6. The molecule has 1 aliphatic rings. The van der Waals surface area contributed by atoms with Gasteiger partial charge in [0.15, 0.2) is 0 Å². The molecule has 1 aliphatic heterocycles. The molecular weight excluding hydrogens is 478 g/mol. The van der Waals surface area contributed by atoms with Crippen LogP contribution in [0.4, 0.5) is 11.6 Å². The number of hydrogen-bond acceptors (Lipinski definition) is 8. The Bertz CT molecular complexity index is 1400. The lowest BCUT2D eigenvalue weighted by molar-refractivity contribution is 0.0857. The van der Waals surface area contributed by atoms with Gasteiger partial charge in [0.1, 0.15) is 0 Å². The van der Waals surface area contributed by atoms with E-state index in [-0.39, 0.29) is 18.5 Å². The maximum Gasteiger partial charge on any atom is 0.245 e. The summed E-state index contributed by atoms with van der Waals surface area (Å²) >= 11 is 0. The third-order valence-electron chi connectivity index (χ3n) is 6.42. The molecule has 1 saturated heterocycles. The zero-order valence-corrected chi connectivity index (χ0v) is 21.4. The summed E-state index contributed by atoms with van der Waals surface area (Å²) < 4.78 is 23.1. The summed E-state index contributed by atoms with van der Waals surface area (Å²) in [6, 6.07) is 7.96. The fourth-order valence-electron chi connectivity index (χ4n) is 4.29. The van der Waals surface area contributed by atoms with Crippen molar-refractivity contribution in [2.75, 3.05) is 36.5 Å². The van der Waals surface area contributed by atoms with Gasteiger partial charge in [0.05, 0.1) is 35.5 Å². The molecular formula is C25H31N7O3S. The summed E-state index contributed by atoms with van der Waals surface area (Å²) in [6.07, 6.45) is 7.39. The van der Waals surface area contributed by atoms with Crippen LogP contribution in [0.25, 0.3) is 22.2 Å². The summed E-state index contributed by atoms with van der Waals surface area (Å²) in [4.78, 5) is 24.1. The van der Waals surface area contributed by atoms with Crippen molar-refractivity contribution in [1.82, 2.24) is 29.2 Å². The third kappa shape index (κ3) is 5.14. The Balaban J connectivity index is 1.31. The highest BCUT2D eigenvalue weighted by atomic mass is 32.3. The van der Waals surface area contributed by atoms with Crippen molar-refractivity contribution in [1.29, 1.82) is 0 Å². The van der Waals surface area contributed by atoms with E-state index in [1.165, 1.54) is 0 Å². The van der Waals surface area contributed by atoms with Crippen molar-refractivity contribution in [3.8, 4) is 11.3 Å². The molecule has 1 fully saturated rings. The molecule has 0 saturated carbocycles. The Kier molecular flexibility index (Phi) is 6.56. The zero-order valence-electron chi connectivity index (χ0n) is 20.6. The van der Waals surface area contributed by atoms with Gasteiger partial charge in [0, 0.05) is 54.4 Å². The predicted molar refractivity (Wildman–Crippen MR) is 143 cm³/mol. The second-order valence-electron chi connectivity index (χ2n) is 9.49. The van der Waals surface area contributed by atoms with Crippen molar-refractivity contribution >= 4 is 39.0 Å². The molecule has 1 aromatic carbocycles. The molecule has 190 valence electrons. The average molecular weight is 510 g/mol. The molecule has 11 heteroatoms. The first-order valence-electron chi connectivity index (χ1n) is 11.9. The molecule has 0 bridgehead atoms. The second kappa shape index (κ2) is 9.66. The molecule has 0 spiro atoms. The van der Waals surface area contributed by atoms with Gasteiger partial charge in [-0.15, -0.1) is 0 Å². The summed E-state index contributed by atoms with van der Waals surface area (Å²) in [6.45, 7) is 7.41. The molecule has 0 amide bonds. The van der Waals surface area contributed by atoms with Crippen LogP contribution in [0.3, 0.4) is 0 Å². The van der Waals surface area contributed by atoms with E-state index < -0.39 is 10.6 Å². The molecule has 0 atom stereocenters. The van der Waals surface area contributed by atoms with Crippen LogP contribution in [0.1, 0.15) is 30.2 Å². The van der Waals surface area contributed by atoms with Crippen LogP contribution in [0.15, 0.2) is 49.1 Å². The lowest BCUT2D eigenvalue weighted by Gasteiger charge is -2.40. The lowest BCUT2D eigenvalue weighted by atomic mass is 10.1. The number of anilines is 2. The van der Waals surface area contributed by atoms with E-state index in [0.29, 0.717) is 30.5 Å². The Morgan fingerprint density at radius 1 is 1.17 bits per heavy atom. The molecule has 0 radical (unpaired) electrons. The number of aryl methyl sites for hydroxylation is 1. The van der Waals surface area contributed by atoms with Crippen LogP contribution in [-0.4, -0.2) is 75.4 Å². The van der Waals surface area contributed by atoms with E-state index in [0.717, 1.165) is 33.4 Å². The van der Waals surface area contributed by atoms with Crippen LogP contribution in [0, 0.1) is 6.92 Å². The molecule has 10 nitrogen and oxygen atoms in total. The quantitative estimate of drug-likeness (QED) is 0.344. The molecule has 36 heavy (non-hydrogen) atoms. The van der Waals surface area contributed by atoms with Crippen molar-refractivity contribution in [2.24, 2.45) is 0 Å². The first-order valence-corrected chi connectivity index (χ1v) is 13.8. The Labute approximate surface area is 211 Å². The molecule has 3 N–H and O–H groups in total. The monoisotopic (exact) mass is 509 g/mol. The van der Waals surface area contributed by atoms with Gasteiger partial charge in [0.25, 0.3) is 0 Å². The second-order valence-corrected chi connectivity index (χ2v) is 11.9. The van der Waals surface area contributed by atoms with E-state index in [9.17, 15) is 13.9 Å². The lowest BCUT2D eigenvalue weighted by Crippen LogP contribution is -2.42. The normalized spacial score (nSPS) is 16.9. The fraction of sp³-hybridized carbons (Fsp3) is 0.360. The van der Waals surface area contributed by atoms with Crippen molar-refractivity contribution in [2.45, 2.75) is 26.8 Å². The van der Waals surface area contributed by atoms with Crippen LogP contribution in [0.2, 0.25) is 0 Å². The van der Waals surface area contributed by atoms with Gasteiger partial charge in [0.2, 0.25) is 11.9 Å². The van der Waals surface area contributed by atoms with E-state index in [1.54, 1.807) is 17.0 Å². The van der Waals surface area contributed by atoms with Gasteiger partial charge in [-0.3, -0.25) is 28.0 Å². The van der Waals surface area contributed by atoms with Gasteiger partial charge in [-0.2, -0.15) is 15.7 Å². The highest BCUT2D eigenvalue weighted by Crippen LogP contribution is 2.40. The van der Waals surface area contributed by atoms with Crippen LogP contribution in [0.5, 0.6) is 0 Å². The number of hydrogen-bond donors (Lipinski definition) is 3. The van der Waals surface area contributed by atoms with Crippen LogP contribution < -0.4 is 5.32 Å². The zero-order chi connectivity index (χ0) is 25.4. The summed E-state index contributed by atoms with van der Waals surface area (Å²) in [5.74, 6) is 1.09. The number of carbonyl (C=O) groups excluding carboxylic acids is 1. The molecule has 4 aromatic rings.